The maximum Gasteiger partial charge on any atom is 0.416 e. The molecule has 0 aliphatic carbocycles. The number of amides is 1. The number of aromatic nitrogens is 4. The van der Waals surface area contributed by atoms with E-state index in [9.17, 15) is 18.0 Å². The average Bonchev–Trinajstić information content (AvgIpc) is 3.46. The molecular weight excluding hydrogens is 437 g/mol. The fourth-order valence-electron chi connectivity index (χ4n) is 3.96. The third-order valence-electron chi connectivity index (χ3n) is 5.63. The molecule has 4 rings (SSSR count). The number of furan rings is 1. The normalized spacial score (nSPS) is 16.7. The molecule has 1 amide bonds. The van der Waals surface area contributed by atoms with Gasteiger partial charge in [0.25, 0.3) is 5.91 Å². The van der Waals surface area contributed by atoms with Crippen LogP contribution >= 0.6 is 0 Å². The van der Waals surface area contributed by atoms with Crippen LogP contribution in [0.25, 0.3) is 0 Å². The summed E-state index contributed by atoms with van der Waals surface area (Å²) in [6, 6.07) is 7.90. The molecule has 1 saturated heterocycles. The van der Waals surface area contributed by atoms with Gasteiger partial charge in [-0.05, 0) is 61.0 Å². The molecule has 33 heavy (non-hydrogen) atoms. The lowest BCUT2D eigenvalue weighted by Gasteiger charge is -2.39. The van der Waals surface area contributed by atoms with Crippen LogP contribution < -0.4 is 0 Å². The molecule has 3 aromatic rings. The minimum Gasteiger partial charge on any atom is -0.459 e. The van der Waals surface area contributed by atoms with E-state index < -0.39 is 23.3 Å². The summed E-state index contributed by atoms with van der Waals surface area (Å²) in [5, 5.41) is 12.2. The molecule has 1 aromatic carbocycles. The van der Waals surface area contributed by atoms with Gasteiger partial charge in [0, 0.05) is 26.2 Å². The third-order valence-corrected chi connectivity index (χ3v) is 5.63. The maximum atomic E-state index is 13.1. The third kappa shape index (κ3) is 4.77. The fraction of sp³-hybridized carbons (Fsp3) is 0.455. The first-order valence-corrected chi connectivity index (χ1v) is 10.6. The van der Waals surface area contributed by atoms with Gasteiger partial charge in [-0.25, -0.2) is 4.68 Å². The Morgan fingerprint density at radius 2 is 1.70 bits per heavy atom. The van der Waals surface area contributed by atoms with E-state index in [1.807, 2.05) is 20.8 Å². The molecule has 8 nitrogen and oxygen atoms in total. The van der Waals surface area contributed by atoms with Crippen molar-refractivity contribution in [2.75, 3.05) is 26.2 Å². The first-order chi connectivity index (χ1) is 15.6. The predicted molar refractivity (Wildman–Crippen MR) is 112 cm³/mol. The summed E-state index contributed by atoms with van der Waals surface area (Å²) in [5.74, 6) is 0.623. The second kappa shape index (κ2) is 8.62. The van der Waals surface area contributed by atoms with Crippen molar-refractivity contribution in [2.45, 2.75) is 38.5 Å². The molecule has 1 aliphatic heterocycles. The first-order valence-electron chi connectivity index (χ1n) is 10.6. The Morgan fingerprint density at radius 3 is 2.24 bits per heavy atom. The number of halogens is 3. The molecule has 1 aliphatic rings. The van der Waals surface area contributed by atoms with Crippen LogP contribution in [0.15, 0.2) is 47.1 Å². The van der Waals surface area contributed by atoms with Crippen LogP contribution in [-0.2, 0) is 11.7 Å². The molecule has 1 atom stereocenters. The number of carbonyl (C=O) groups excluding carboxylic acids is 1. The highest BCUT2D eigenvalue weighted by molar-refractivity contribution is 5.91. The molecule has 0 radical (unpaired) electrons. The lowest BCUT2D eigenvalue weighted by atomic mass is 10.00. The van der Waals surface area contributed by atoms with Gasteiger partial charge in [-0.15, -0.1) is 5.10 Å². The van der Waals surface area contributed by atoms with Gasteiger partial charge in [-0.3, -0.25) is 9.69 Å². The van der Waals surface area contributed by atoms with Crippen LogP contribution in [0.3, 0.4) is 0 Å². The molecule has 0 saturated carbocycles. The van der Waals surface area contributed by atoms with E-state index in [1.54, 1.807) is 21.7 Å². The Labute approximate surface area is 189 Å². The van der Waals surface area contributed by atoms with Gasteiger partial charge >= 0.3 is 6.18 Å². The number of nitrogens with zero attached hydrogens (tertiary/aromatic N) is 6. The average molecular weight is 462 g/mol. The van der Waals surface area contributed by atoms with Crippen molar-refractivity contribution in [1.29, 1.82) is 0 Å². The Bertz CT molecular complexity index is 1080. The van der Waals surface area contributed by atoms with Crippen molar-refractivity contribution < 1.29 is 22.4 Å². The van der Waals surface area contributed by atoms with Crippen molar-refractivity contribution in [3.8, 4) is 0 Å². The number of rotatable bonds is 4. The highest BCUT2D eigenvalue weighted by Gasteiger charge is 2.35. The summed E-state index contributed by atoms with van der Waals surface area (Å²) < 4.78 is 46.2. The Morgan fingerprint density at radius 1 is 1.03 bits per heavy atom. The predicted octanol–water partition coefficient (Wildman–Crippen LogP) is 3.59. The van der Waals surface area contributed by atoms with Crippen LogP contribution in [0.1, 0.15) is 54.3 Å². The topological polar surface area (TPSA) is 80.3 Å². The van der Waals surface area contributed by atoms with E-state index in [4.69, 9.17) is 4.42 Å². The number of tetrazole rings is 1. The monoisotopic (exact) mass is 462 g/mol. The smallest absolute Gasteiger partial charge is 0.416 e. The van der Waals surface area contributed by atoms with Crippen molar-refractivity contribution in [3.05, 3.63) is 65.4 Å². The van der Waals surface area contributed by atoms with Crippen LogP contribution in [0.4, 0.5) is 13.2 Å². The molecule has 0 N–H and O–H groups in total. The summed E-state index contributed by atoms with van der Waals surface area (Å²) >= 11 is 0. The zero-order valence-electron chi connectivity index (χ0n) is 18.6. The molecule has 1 fully saturated rings. The summed E-state index contributed by atoms with van der Waals surface area (Å²) in [4.78, 5) is 16.4. The number of hydrogen-bond acceptors (Lipinski definition) is 6. The van der Waals surface area contributed by atoms with Gasteiger partial charge in [-0.1, -0.05) is 12.1 Å². The molecule has 11 heteroatoms. The molecular formula is C22H25F3N6O2. The summed E-state index contributed by atoms with van der Waals surface area (Å²) in [6.07, 6.45) is -2.96. The lowest BCUT2D eigenvalue weighted by molar-refractivity contribution is -0.137. The van der Waals surface area contributed by atoms with E-state index in [1.165, 1.54) is 18.4 Å². The second-order valence-corrected chi connectivity index (χ2v) is 8.95. The summed E-state index contributed by atoms with van der Waals surface area (Å²) in [7, 11) is 0. The van der Waals surface area contributed by atoms with E-state index in [0.717, 1.165) is 12.1 Å². The Kier molecular flexibility index (Phi) is 6.00. The van der Waals surface area contributed by atoms with Crippen molar-refractivity contribution in [2.24, 2.45) is 0 Å². The van der Waals surface area contributed by atoms with Gasteiger partial charge in [-0.2, -0.15) is 13.2 Å². The number of benzene rings is 1. The van der Waals surface area contributed by atoms with E-state index in [-0.39, 0.29) is 11.7 Å². The van der Waals surface area contributed by atoms with E-state index >= 15 is 0 Å². The van der Waals surface area contributed by atoms with Crippen LogP contribution in [-0.4, -0.2) is 62.1 Å². The highest BCUT2D eigenvalue weighted by Crippen LogP contribution is 2.34. The Balaban J connectivity index is 1.63. The van der Waals surface area contributed by atoms with Crippen molar-refractivity contribution in [3.63, 3.8) is 0 Å². The second-order valence-electron chi connectivity index (χ2n) is 8.95. The largest absolute Gasteiger partial charge is 0.459 e. The number of piperazine rings is 1. The number of alkyl halides is 3. The van der Waals surface area contributed by atoms with Crippen molar-refractivity contribution in [1.82, 2.24) is 30.0 Å². The summed E-state index contributed by atoms with van der Waals surface area (Å²) in [5.41, 5.74) is -0.497. The first kappa shape index (κ1) is 23.0. The summed E-state index contributed by atoms with van der Waals surface area (Å²) in [6.45, 7) is 7.73. The van der Waals surface area contributed by atoms with Gasteiger partial charge in [0.2, 0.25) is 0 Å². The molecule has 176 valence electrons. The van der Waals surface area contributed by atoms with E-state index in [0.29, 0.717) is 37.6 Å². The van der Waals surface area contributed by atoms with E-state index in [2.05, 4.69) is 20.4 Å². The lowest BCUT2D eigenvalue weighted by Crippen LogP contribution is -2.50. The van der Waals surface area contributed by atoms with Crippen molar-refractivity contribution >= 4 is 5.91 Å². The quantitative estimate of drug-likeness (QED) is 0.590. The van der Waals surface area contributed by atoms with Crippen LogP contribution in [0.2, 0.25) is 0 Å². The zero-order valence-corrected chi connectivity index (χ0v) is 18.6. The number of hydrogen-bond donors (Lipinski definition) is 0. The van der Waals surface area contributed by atoms with Gasteiger partial charge < -0.3 is 9.32 Å². The van der Waals surface area contributed by atoms with Gasteiger partial charge in [0.15, 0.2) is 11.6 Å². The standard InChI is InChI=1S/C22H25F3N6O2/c1-21(2,3)31-19(26-27-28-31)18(15-6-8-16(9-7-15)22(23,24)25)29-10-12-30(13-11-29)20(32)17-5-4-14-33-17/h4-9,14,18H,10-13H2,1-3H3. The highest BCUT2D eigenvalue weighted by atomic mass is 19.4. The minimum atomic E-state index is -4.42. The maximum absolute atomic E-state index is 13.1. The SMILES string of the molecule is CC(C)(C)n1nnnc1C(c1ccc(C(F)(F)F)cc1)N1CCN(C(=O)c2ccco2)CC1. The van der Waals surface area contributed by atoms with Crippen LogP contribution in [0.5, 0.6) is 0 Å². The van der Waals surface area contributed by atoms with Gasteiger partial charge in [0.05, 0.1) is 23.4 Å². The molecule has 0 spiro atoms. The Hall–Kier alpha value is -3.21. The zero-order chi connectivity index (χ0) is 23.8. The van der Waals surface area contributed by atoms with Crippen LogP contribution in [0, 0.1) is 0 Å². The minimum absolute atomic E-state index is 0.190. The number of carbonyl (C=O) groups is 1. The molecule has 1 unspecified atom stereocenters. The molecule has 0 bridgehead atoms. The van der Waals surface area contributed by atoms with Gasteiger partial charge in [0.1, 0.15) is 0 Å². The molecule has 3 heterocycles. The molecule has 2 aromatic heterocycles. The fourth-order valence-corrected chi connectivity index (χ4v) is 3.96.